The Balaban J connectivity index is 1.20. The molecule has 2 aliphatic rings. The lowest BCUT2D eigenvalue weighted by Crippen LogP contribution is -2.49. The Hall–Kier alpha value is -2.41. The van der Waals surface area contributed by atoms with Crippen molar-refractivity contribution in [3.8, 4) is 0 Å². The smallest absolute Gasteiger partial charge is 0.222 e. The Morgan fingerprint density at radius 3 is 2.75 bits per heavy atom. The fourth-order valence-corrected chi connectivity index (χ4v) is 5.06. The molecule has 2 aromatic heterocycles. The maximum absolute atomic E-state index is 12.8. The second-order valence-electron chi connectivity index (χ2n) is 9.32. The molecule has 0 aromatic carbocycles. The van der Waals surface area contributed by atoms with Crippen molar-refractivity contribution in [2.24, 2.45) is 5.92 Å². The van der Waals surface area contributed by atoms with Crippen molar-refractivity contribution < 1.29 is 4.79 Å². The molecule has 2 saturated heterocycles. The lowest BCUT2D eigenvalue weighted by atomic mass is 9.93. The first-order valence-electron chi connectivity index (χ1n) is 12.3. The summed E-state index contributed by atoms with van der Waals surface area (Å²) in [6, 6.07) is 6.00. The number of hydrogen-bond donors (Lipinski definition) is 0. The molecule has 0 spiro atoms. The quantitative estimate of drug-likeness (QED) is 0.633. The van der Waals surface area contributed by atoms with Gasteiger partial charge in [0.05, 0.1) is 6.20 Å². The second kappa shape index (κ2) is 10.9. The molecule has 174 valence electrons. The van der Waals surface area contributed by atoms with Crippen LogP contribution in [0.1, 0.15) is 50.3 Å². The van der Waals surface area contributed by atoms with Gasteiger partial charge in [-0.2, -0.15) is 5.10 Å². The molecule has 32 heavy (non-hydrogen) atoms. The van der Waals surface area contributed by atoms with Crippen LogP contribution in [0.3, 0.4) is 0 Å². The zero-order valence-electron chi connectivity index (χ0n) is 19.7. The van der Waals surface area contributed by atoms with Crippen LogP contribution < -0.4 is 4.90 Å². The third kappa shape index (κ3) is 5.68. The molecule has 0 N–H and O–H groups in total. The van der Waals surface area contributed by atoms with Crippen molar-refractivity contribution >= 4 is 11.7 Å². The monoisotopic (exact) mass is 438 g/mol. The van der Waals surface area contributed by atoms with Crippen molar-refractivity contribution in [1.82, 2.24) is 24.6 Å². The summed E-state index contributed by atoms with van der Waals surface area (Å²) >= 11 is 0. The van der Waals surface area contributed by atoms with Crippen LogP contribution in [0.4, 0.5) is 5.82 Å². The molecule has 2 aliphatic heterocycles. The molecule has 1 amide bonds. The van der Waals surface area contributed by atoms with Gasteiger partial charge in [0.15, 0.2) is 0 Å². The molecule has 7 nitrogen and oxygen atoms in total. The zero-order chi connectivity index (χ0) is 22.3. The van der Waals surface area contributed by atoms with E-state index in [2.05, 4.69) is 38.4 Å². The van der Waals surface area contributed by atoms with Crippen LogP contribution in [0.15, 0.2) is 30.6 Å². The number of rotatable bonds is 8. The van der Waals surface area contributed by atoms with E-state index >= 15 is 0 Å². The molecule has 0 bridgehead atoms. The molecule has 0 aliphatic carbocycles. The number of anilines is 1. The summed E-state index contributed by atoms with van der Waals surface area (Å²) in [4.78, 5) is 24.1. The maximum atomic E-state index is 12.8. The average Bonchev–Trinajstić information content (AvgIpc) is 3.17. The molecule has 0 radical (unpaired) electrons. The third-order valence-corrected chi connectivity index (χ3v) is 7.01. The van der Waals surface area contributed by atoms with Gasteiger partial charge >= 0.3 is 0 Å². The number of aryl methyl sites for hydroxylation is 1. The zero-order valence-corrected chi connectivity index (χ0v) is 19.7. The molecule has 1 unspecified atom stereocenters. The topological polar surface area (TPSA) is 57.5 Å². The highest BCUT2D eigenvalue weighted by Crippen LogP contribution is 2.24. The van der Waals surface area contributed by atoms with E-state index in [1.165, 1.54) is 24.1 Å². The molecular weight excluding hydrogens is 400 g/mol. The normalized spacial score (nSPS) is 20.0. The minimum atomic E-state index is 0.319. The van der Waals surface area contributed by atoms with Crippen LogP contribution in [-0.4, -0.2) is 69.7 Å². The molecule has 2 aromatic rings. The van der Waals surface area contributed by atoms with E-state index in [-0.39, 0.29) is 0 Å². The highest BCUT2D eigenvalue weighted by molar-refractivity contribution is 5.76. The minimum Gasteiger partial charge on any atom is -0.353 e. The molecular formula is C25H38N6O. The number of likely N-dealkylation sites (tertiary alicyclic amines) is 1. The summed E-state index contributed by atoms with van der Waals surface area (Å²) in [5, 5.41) is 4.56. The summed E-state index contributed by atoms with van der Waals surface area (Å²) < 4.78 is 2.13. The van der Waals surface area contributed by atoms with E-state index in [0.29, 0.717) is 18.2 Å². The second-order valence-corrected chi connectivity index (χ2v) is 9.32. The number of carbonyl (C=O) groups excluding carboxylic acids is 1. The van der Waals surface area contributed by atoms with Gasteiger partial charge < -0.3 is 9.80 Å². The van der Waals surface area contributed by atoms with E-state index < -0.39 is 0 Å². The van der Waals surface area contributed by atoms with E-state index in [0.717, 1.165) is 71.0 Å². The van der Waals surface area contributed by atoms with Crippen molar-refractivity contribution in [1.29, 1.82) is 0 Å². The van der Waals surface area contributed by atoms with E-state index in [1.54, 1.807) is 0 Å². The standard InChI is InChI=1S/C25H38N6O/c1-3-12-31-21(2)23(18-27-31)20-28-13-6-7-22(19-28)9-10-25(32)30-16-14-29(15-17-30)24-8-4-5-11-26-24/h4-5,8,11,18,22H,3,6-7,9-10,12-17,19-20H2,1-2H3. The summed E-state index contributed by atoms with van der Waals surface area (Å²) in [5.41, 5.74) is 2.65. The van der Waals surface area contributed by atoms with Gasteiger partial charge in [-0.1, -0.05) is 13.0 Å². The Labute approximate surface area is 192 Å². The SMILES string of the molecule is CCCn1ncc(CN2CCCC(CCC(=O)N3CCN(c4ccccn4)CC3)C2)c1C. The molecule has 2 fully saturated rings. The Kier molecular flexibility index (Phi) is 7.79. The van der Waals surface area contributed by atoms with Crippen molar-refractivity contribution in [2.45, 2.75) is 59.0 Å². The number of pyridine rings is 1. The first-order chi connectivity index (χ1) is 15.6. The lowest BCUT2D eigenvalue weighted by Gasteiger charge is -2.36. The number of hydrogen-bond acceptors (Lipinski definition) is 5. The summed E-state index contributed by atoms with van der Waals surface area (Å²) in [7, 11) is 0. The van der Waals surface area contributed by atoms with Crippen LogP contribution in [0.2, 0.25) is 0 Å². The van der Waals surface area contributed by atoms with Crippen LogP contribution in [-0.2, 0) is 17.9 Å². The van der Waals surface area contributed by atoms with Gasteiger partial charge in [0.25, 0.3) is 0 Å². The van der Waals surface area contributed by atoms with Gasteiger partial charge in [0.2, 0.25) is 5.91 Å². The fraction of sp³-hybridized carbons (Fsp3) is 0.640. The van der Waals surface area contributed by atoms with Crippen LogP contribution in [0, 0.1) is 12.8 Å². The molecule has 4 heterocycles. The Bertz CT molecular complexity index is 859. The first-order valence-corrected chi connectivity index (χ1v) is 12.3. The van der Waals surface area contributed by atoms with E-state index in [4.69, 9.17) is 0 Å². The van der Waals surface area contributed by atoms with Gasteiger partial charge in [0, 0.05) is 69.7 Å². The molecule has 7 heteroatoms. The van der Waals surface area contributed by atoms with E-state index in [9.17, 15) is 4.79 Å². The number of carbonyl (C=O) groups is 1. The molecule has 0 saturated carbocycles. The number of piperidine rings is 1. The number of nitrogens with zero attached hydrogens (tertiary/aromatic N) is 6. The van der Waals surface area contributed by atoms with Crippen molar-refractivity contribution in [3.63, 3.8) is 0 Å². The Morgan fingerprint density at radius 1 is 1.16 bits per heavy atom. The third-order valence-electron chi connectivity index (χ3n) is 7.01. The maximum Gasteiger partial charge on any atom is 0.222 e. The first kappa shape index (κ1) is 22.8. The summed E-state index contributed by atoms with van der Waals surface area (Å²) in [5.74, 6) is 1.95. The largest absolute Gasteiger partial charge is 0.353 e. The van der Waals surface area contributed by atoms with Crippen LogP contribution in [0.5, 0.6) is 0 Å². The van der Waals surface area contributed by atoms with Crippen molar-refractivity contribution in [2.75, 3.05) is 44.2 Å². The van der Waals surface area contributed by atoms with Crippen LogP contribution in [0.25, 0.3) is 0 Å². The van der Waals surface area contributed by atoms with Gasteiger partial charge in [-0.15, -0.1) is 0 Å². The van der Waals surface area contributed by atoms with Crippen LogP contribution >= 0.6 is 0 Å². The molecule has 4 rings (SSSR count). The van der Waals surface area contributed by atoms with Gasteiger partial charge in [-0.3, -0.25) is 14.4 Å². The molecule has 1 atom stereocenters. The Morgan fingerprint density at radius 2 is 2.00 bits per heavy atom. The number of aromatic nitrogens is 3. The summed E-state index contributed by atoms with van der Waals surface area (Å²) in [6.45, 7) is 11.9. The van der Waals surface area contributed by atoms with Crippen molar-refractivity contribution in [3.05, 3.63) is 41.9 Å². The number of amides is 1. The minimum absolute atomic E-state index is 0.319. The highest BCUT2D eigenvalue weighted by atomic mass is 16.2. The predicted octanol–water partition coefficient (Wildman–Crippen LogP) is 3.34. The fourth-order valence-electron chi connectivity index (χ4n) is 5.06. The number of piperazine rings is 1. The predicted molar refractivity (Wildman–Crippen MR) is 128 cm³/mol. The average molecular weight is 439 g/mol. The van der Waals surface area contributed by atoms with E-state index in [1.807, 2.05) is 35.5 Å². The lowest BCUT2D eigenvalue weighted by molar-refractivity contribution is -0.131. The summed E-state index contributed by atoms with van der Waals surface area (Å²) in [6.07, 6.45) is 9.14. The van der Waals surface area contributed by atoms with Gasteiger partial charge in [0.1, 0.15) is 5.82 Å². The van der Waals surface area contributed by atoms with Gasteiger partial charge in [-0.05, 0) is 57.2 Å². The van der Waals surface area contributed by atoms with Gasteiger partial charge in [-0.25, -0.2) is 4.98 Å². The highest BCUT2D eigenvalue weighted by Gasteiger charge is 2.25.